The number of aromatic nitrogens is 1. The van der Waals surface area contributed by atoms with Gasteiger partial charge in [-0.15, -0.1) is 0 Å². The average molecular weight is 353 g/mol. The van der Waals surface area contributed by atoms with Crippen LogP contribution >= 0.6 is 11.6 Å². The molecule has 3 heteroatoms. The Labute approximate surface area is 155 Å². The summed E-state index contributed by atoms with van der Waals surface area (Å²) in [5.41, 5.74) is 9.69. The summed E-state index contributed by atoms with van der Waals surface area (Å²) in [6.07, 6.45) is 2.22. The molecule has 0 fully saturated rings. The van der Waals surface area contributed by atoms with Gasteiger partial charge >= 0.3 is 0 Å². The molecule has 2 heterocycles. The van der Waals surface area contributed by atoms with E-state index in [1.165, 1.54) is 51.0 Å². The van der Waals surface area contributed by atoms with Crippen LogP contribution in [0.1, 0.15) is 30.2 Å². The molecule has 1 aromatic heterocycles. The molecule has 4 rings (SSSR count). The third-order valence-electron chi connectivity index (χ3n) is 5.65. The highest BCUT2D eigenvalue weighted by Gasteiger charge is 2.24. The van der Waals surface area contributed by atoms with E-state index in [0.29, 0.717) is 0 Å². The van der Waals surface area contributed by atoms with Crippen molar-refractivity contribution in [3.63, 3.8) is 0 Å². The molecule has 0 radical (unpaired) electrons. The zero-order valence-corrected chi connectivity index (χ0v) is 16.2. The lowest BCUT2D eigenvalue weighted by atomic mass is 9.89. The monoisotopic (exact) mass is 352 g/mol. The van der Waals surface area contributed by atoms with E-state index in [2.05, 4.69) is 55.5 Å². The molecule has 130 valence electrons. The van der Waals surface area contributed by atoms with E-state index in [1.54, 1.807) is 0 Å². The standard InChI is InChI=1S/C22H25ClN2/c1-5-18-15(3)21-22-19(20(18)16-7-9-17(23)10-8-16)13-14(2)25(22)12-6-11-24(21)4/h7-10,13H,5-6,11-12H2,1-4H3. The van der Waals surface area contributed by atoms with Crippen molar-refractivity contribution in [3.8, 4) is 11.1 Å². The molecule has 1 aliphatic heterocycles. The number of halogens is 1. The third-order valence-corrected chi connectivity index (χ3v) is 5.90. The van der Waals surface area contributed by atoms with Crippen molar-refractivity contribution in [2.75, 3.05) is 18.5 Å². The zero-order chi connectivity index (χ0) is 17.7. The summed E-state index contributed by atoms with van der Waals surface area (Å²) in [6.45, 7) is 9.00. The van der Waals surface area contributed by atoms with Gasteiger partial charge in [0.15, 0.2) is 0 Å². The second-order valence-electron chi connectivity index (χ2n) is 7.16. The summed E-state index contributed by atoms with van der Waals surface area (Å²) in [5.74, 6) is 0. The predicted octanol–water partition coefficient (Wildman–Crippen LogP) is 5.98. The van der Waals surface area contributed by atoms with Crippen molar-refractivity contribution in [2.24, 2.45) is 0 Å². The predicted molar refractivity (Wildman–Crippen MR) is 109 cm³/mol. The van der Waals surface area contributed by atoms with E-state index in [0.717, 1.165) is 24.5 Å². The maximum atomic E-state index is 6.14. The quantitative estimate of drug-likeness (QED) is 0.550. The van der Waals surface area contributed by atoms with Crippen molar-refractivity contribution < 1.29 is 0 Å². The summed E-state index contributed by atoms with van der Waals surface area (Å²) in [5, 5.41) is 2.17. The molecule has 0 saturated carbocycles. The molecule has 1 aliphatic rings. The molecule has 3 aromatic rings. The van der Waals surface area contributed by atoms with Crippen LogP contribution < -0.4 is 4.90 Å². The van der Waals surface area contributed by atoms with E-state index in [4.69, 9.17) is 11.6 Å². The van der Waals surface area contributed by atoms with Gasteiger partial charge < -0.3 is 9.47 Å². The summed E-state index contributed by atoms with van der Waals surface area (Å²) in [4.78, 5) is 2.45. The van der Waals surface area contributed by atoms with Crippen molar-refractivity contribution in [1.29, 1.82) is 0 Å². The molecular formula is C22H25ClN2. The Balaban J connectivity index is 2.16. The number of nitrogens with zero attached hydrogens (tertiary/aromatic N) is 2. The summed E-state index contributed by atoms with van der Waals surface area (Å²) < 4.78 is 2.51. The van der Waals surface area contributed by atoms with Crippen LogP contribution in [0.4, 0.5) is 5.69 Å². The molecule has 2 nitrogen and oxygen atoms in total. The highest BCUT2D eigenvalue weighted by molar-refractivity contribution is 6.30. The number of anilines is 1. The lowest BCUT2D eigenvalue weighted by Crippen LogP contribution is -2.19. The number of hydrogen-bond acceptors (Lipinski definition) is 1. The lowest BCUT2D eigenvalue weighted by molar-refractivity contribution is 0.660. The lowest BCUT2D eigenvalue weighted by Gasteiger charge is -2.25. The van der Waals surface area contributed by atoms with E-state index in [1.807, 2.05) is 12.1 Å². The van der Waals surface area contributed by atoms with Gasteiger partial charge in [0.25, 0.3) is 0 Å². The number of hydrogen-bond donors (Lipinski definition) is 0. The number of benzene rings is 2. The third kappa shape index (κ3) is 2.46. The maximum absolute atomic E-state index is 6.14. The van der Waals surface area contributed by atoms with Gasteiger partial charge in [-0.3, -0.25) is 0 Å². The topological polar surface area (TPSA) is 8.17 Å². The van der Waals surface area contributed by atoms with Crippen LogP contribution in [0.3, 0.4) is 0 Å². The van der Waals surface area contributed by atoms with Gasteiger partial charge in [0.05, 0.1) is 11.2 Å². The zero-order valence-electron chi connectivity index (χ0n) is 15.5. The molecule has 0 atom stereocenters. The molecule has 2 aromatic carbocycles. The minimum atomic E-state index is 0.790. The van der Waals surface area contributed by atoms with E-state index >= 15 is 0 Å². The van der Waals surface area contributed by atoms with E-state index < -0.39 is 0 Å². The van der Waals surface area contributed by atoms with Crippen molar-refractivity contribution in [1.82, 2.24) is 4.57 Å². The number of rotatable bonds is 2. The van der Waals surface area contributed by atoms with Crippen molar-refractivity contribution in [2.45, 2.75) is 40.2 Å². The second-order valence-corrected chi connectivity index (χ2v) is 7.60. The van der Waals surface area contributed by atoms with Gasteiger partial charge in [-0.05, 0) is 67.1 Å². The average Bonchev–Trinajstić information content (AvgIpc) is 2.79. The van der Waals surface area contributed by atoms with Gasteiger partial charge in [-0.2, -0.15) is 0 Å². The first-order valence-corrected chi connectivity index (χ1v) is 9.53. The van der Waals surface area contributed by atoms with Gasteiger partial charge in [0, 0.05) is 36.2 Å². The Bertz CT molecular complexity index is 951. The van der Waals surface area contributed by atoms with Crippen LogP contribution in [0.2, 0.25) is 5.02 Å². The summed E-state index contributed by atoms with van der Waals surface area (Å²) >= 11 is 6.14. The minimum Gasteiger partial charge on any atom is -0.373 e. The fourth-order valence-electron chi connectivity index (χ4n) is 4.51. The fourth-order valence-corrected chi connectivity index (χ4v) is 4.64. The molecule has 0 unspecified atom stereocenters. The second kappa shape index (κ2) is 6.10. The molecule has 0 N–H and O–H groups in total. The van der Waals surface area contributed by atoms with Gasteiger partial charge in [0.2, 0.25) is 0 Å². The first-order valence-electron chi connectivity index (χ1n) is 9.15. The SMILES string of the molecule is CCc1c(C)c2c3c(cc(C)n3CCCN2C)c1-c1ccc(Cl)cc1. The van der Waals surface area contributed by atoms with Gasteiger partial charge in [-0.1, -0.05) is 30.7 Å². The molecule has 0 saturated heterocycles. The van der Waals surface area contributed by atoms with Crippen LogP contribution in [0.5, 0.6) is 0 Å². The van der Waals surface area contributed by atoms with Crippen LogP contribution in [0, 0.1) is 13.8 Å². The summed E-state index contributed by atoms with van der Waals surface area (Å²) in [7, 11) is 2.24. The fraction of sp³-hybridized carbons (Fsp3) is 0.364. The largest absolute Gasteiger partial charge is 0.373 e. The first kappa shape index (κ1) is 16.5. The normalized spacial score (nSPS) is 14.2. The molecular weight excluding hydrogens is 328 g/mol. The Kier molecular flexibility index (Phi) is 4.04. The molecule has 25 heavy (non-hydrogen) atoms. The van der Waals surface area contributed by atoms with Crippen LogP contribution in [0.15, 0.2) is 30.3 Å². The van der Waals surface area contributed by atoms with Crippen LogP contribution in [-0.4, -0.2) is 18.2 Å². The highest BCUT2D eigenvalue weighted by Crippen LogP contribution is 2.44. The Hall–Kier alpha value is -1.93. The smallest absolute Gasteiger partial charge is 0.0729 e. The van der Waals surface area contributed by atoms with Crippen LogP contribution in [0.25, 0.3) is 22.0 Å². The van der Waals surface area contributed by atoms with Crippen molar-refractivity contribution in [3.05, 3.63) is 52.2 Å². The molecule has 0 aliphatic carbocycles. The number of aryl methyl sites for hydroxylation is 2. The van der Waals surface area contributed by atoms with Crippen LogP contribution in [-0.2, 0) is 13.0 Å². The van der Waals surface area contributed by atoms with E-state index in [-0.39, 0.29) is 0 Å². The molecule has 0 bridgehead atoms. The van der Waals surface area contributed by atoms with Crippen molar-refractivity contribution >= 4 is 28.2 Å². The Morgan fingerprint density at radius 2 is 1.80 bits per heavy atom. The minimum absolute atomic E-state index is 0.790. The maximum Gasteiger partial charge on any atom is 0.0729 e. The Morgan fingerprint density at radius 3 is 2.48 bits per heavy atom. The first-order chi connectivity index (χ1) is 12.0. The Morgan fingerprint density at radius 1 is 1.08 bits per heavy atom. The molecule has 0 spiro atoms. The molecule has 0 amide bonds. The highest BCUT2D eigenvalue weighted by atomic mass is 35.5. The van der Waals surface area contributed by atoms with E-state index in [9.17, 15) is 0 Å². The summed E-state index contributed by atoms with van der Waals surface area (Å²) in [6, 6.07) is 10.7. The van der Waals surface area contributed by atoms with Gasteiger partial charge in [0.1, 0.15) is 0 Å². The van der Waals surface area contributed by atoms with Gasteiger partial charge in [-0.25, -0.2) is 0 Å².